The average Bonchev–Trinajstić information content (AvgIpc) is 3.77. The Morgan fingerprint density at radius 3 is 1.50 bits per heavy atom. The van der Waals surface area contributed by atoms with E-state index in [4.69, 9.17) is 28.4 Å². The Hall–Kier alpha value is -4.02. The molecule has 1 unspecified atom stereocenters. The molecule has 2 heterocycles. The summed E-state index contributed by atoms with van der Waals surface area (Å²) in [6, 6.07) is 0.334. The number of amides is 2. The molecule has 0 saturated carbocycles. The van der Waals surface area contributed by atoms with E-state index in [0.29, 0.717) is 39.3 Å². The second kappa shape index (κ2) is 22.1. The minimum Gasteiger partial charge on any atom is -0.455 e. The third-order valence-corrected chi connectivity index (χ3v) is 9.51. The van der Waals surface area contributed by atoms with Gasteiger partial charge in [0, 0.05) is 68.1 Å². The van der Waals surface area contributed by atoms with Crippen LogP contribution in [0.15, 0.2) is 59.8 Å². The van der Waals surface area contributed by atoms with E-state index in [-0.39, 0.29) is 36.0 Å². The standard InChI is InChI=1S/C22H33NO5.C22H31NO5/c2*1-16(2)23(17(3)4)20(24)10-8-18(5)28-21(25)11-9-19-7-6-12-22(15-19)26-13-14-27-22/h7-11,16-18H,6,12-15H2,1-5H3;7,9,11,16-18H,6,12-15H2,1-5H3/b10-8-,11-9+;11-9+/t;18-/m.1/s1. The number of hydrogen-bond donors (Lipinski definition) is 0. The maximum Gasteiger partial charge on any atom is 0.331 e. The van der Waals surface area contributed by atoms with Gasteiger partial charge in [-0.2, -0.15) is 0 Å². The first-order valence-electron chi connectivity index (χ1n) is 20.0. The van der Waals surface area contributed by atoms with E-state index < -0.39 is 35.7 Å². The zero-order valence-corrected chi connectivity index (χ0v) is 35.1. The predicted octanol–water partition coefficient (Wildman–Crippen LogP) is 6.51. The van der Waals surface area contributed by atoms with Gasteiger partial charge in [0.15, 0.2) is 17.7 Å². The fourth-order valence-electron chi connectivity index (χ4n) is 7.20. The summed E-state index contributed by atoms with van der Waals surface area (Å²) in [6.45, 7) is 21.5. The van der Waals surface area contributed by atoms with Gasteiger partial charge in [-0.25, -0.2) is 9.59 Å². The molecule has 12 nitrogen and oxygen atoms in total. The van der Waals surface area contributed by atoms with E-state index in [9.17, 15) is 19.2 Å². The average molecular weight is 781 g/mol. The van der Waals surface area contributed by atoms with Gasteiger partial charge in [-0.1, -0.05) is 24.3 Å². The summed E-state index contributed by atoms with van der Waals surface area (Å²) in [6.07, 6.45) is 17.0. The van der Waals surface area contributed by atoms with Crippen LogP contribution in [0, 0.1) is 11.8 Å². The molecule has 0 aromatic carbocycles. The number of esters is 2. The fraction of sp³-hybridized carbons (Fsp3) is 0.636. The highest BCUT2D eigenvalue weighted by atomic mass is 16.7. The molecule has 2 atom stereocenters. The van der Waals surface area contributed by atoms with Crippen molar-refractivity contribution >= 4 is 23.8 Å². The van der Waals surface area contributed by atoms with Crippen LogP contribution in [0.5, 0.6) is 0 Å². The minimum atomic E-state index is -0.671. The van der Waals surface area contributed by atoms with E-state index >= 15 is 0 Å². The van der Waals surface area contributed by atoms with Gasteiger partial charge in [0.25, 0.3) is 5.91 Å². The van der Waals surface area contributed by atoms with Gasteiger partial charge in [0.2, 0.25) is 5.91 Å². The summed E-state index contributed by atoms with van der Waals surface area (Å²) < 4.78 is 33.5. The second-order valence-electron chi connectivity index (χ2n) is 15.6. The summed E-state index contributed by atoms with van der Waals surface area (Å²) in [5.41, 5.74) is 2.00. The molecule has 0 aromatic heterocycles. The molecule has 56 heavy (non-hydrogen) atoms. The van der Waals surface area contributed by atoms with Gasteiger partial charge in [-0.3, -0.25) is 9.59 Å². The van der Waals surface area contributed by atoms with Crippen molar-refractivity contribution in [2.45, 2.75) is 156 Å². The first-order valence-corrected chi connectivity index (χ1v) is 20.0. The van der Waals surface area contributed by atoms with Crippen LogP contribution in [-0.4, -0.2) is 108 Å². The van der Waals surface area contributed by atoms with Gasteiger partial charge in [0.1, 0.15) is 6.10 Å². The van der Waals surface area contributed by atoms with Gasteiger partial charge in [-0.05, 0) is 111 Å². The lowest BCUT2D eigenvalue weighted by molar-refractivity contribution is -0.162. The molecule has 0 aromatic rings. The number of carbonyl (C=O) groups excluding carboxylic acids is 4. The van der Waals surface area contributed by atoms with Crippen LogP contribution in [0.2, 0.25) is 0 Å². The molecule has 310 valence electrons. The molecule has 2 amide bonds. The molecule has 12 heteroatoms. The number of ether oxygens (including phenoxy) is 6. The molecule has 2 aliphatic carbocycles. The Morgan fingerprint density at radius 2 is 1.07 bits per heavy atom. The highest BCUT2D eigenvalue weighted by Gasteiger charge is 2.39. The van der Waals surface area contributed by atoms with Crippen LogP contribution in [0.25, 0.3) is 0 Å². The molecular formula is C44H64N2O10. The van der Waals surface area contributed by atoms with Gasteiger partial charge in [-0.15, -0.1) is 0 Å². The summed E-state index contributed by atoms with van der Waals surface area (Å²) >= 11 is 0. The number of allylic oxidation sites excluding steroid dienone is 4. The summed E-state index contributed by atoms with van der Waals surface area (Å²) in [5.74, 6) is 2.95. The summed E-state index contributed by atoms with van der Waals surface area (Å²) in [4.78, 5) is 52.2. The van der Waals surface area contributed by atoms with Crippen LogP contribution >= 0.6 is 0 Å². The van der Waals surface area contributed by atoms with E-state index in [1.807, 2.05) is 55.4 Å². The number of nitrogens with zero attached hydrogens (tertiary/aromatic N) is 2. The van der Waals surface area contributed by atoms with Crippen LogP contribution in [0.4, 0.5) is 0 Å². The van der Waals surface area contributed by atoms with Crippen molar-refractivity contribution in [3.8, 4) is 11.8 Å². The Morgan fingerprint density at radius 1 is 0.643 bits per heavy atom. The van der Waals surface area contributed by atoms with E-state index in [1.165, 1.54) is 18.2 Å². The fourth-order valence-corrected chi connectivity index (χ4v) is 7.20. The lowest BCUT2D eigenvalue weighted by atomic mass is 9.93. The minimum absolute atomic E-state index is 0.0578. The Balaban J connectivity index is 0.000000300. The molecule has 0 N–H and O–H groups in total. The largest absolute Gasteiger partial charge is 0.455 e. The lowest BCUT2D eigenvalue weighted by Crippen LogP contribution is -2.41. The zero-order chi connectivity index (χ0) is 41.5. The van der Waals surface area contributed by atoms with Crippen molar-refractivity contribution in [2.75, 3.05) is 26.4 Å². The highest BCUT2D eigenvalue weighted by molar-refractivity contribution is 5.94. The molecule has 2 saturated heterocycles. The molecule has 2 spiro atoms. The summed E-state index contributed by atoms with van der Waals surface area (Å²) in [5, 5.41) is 0. The van der Waals surface area contributed by atoms with Crippen molar-refractivity contribution in [1.29, 1.82) is 0 Å². The van der Waals surface area contributed by atoms with Crippen LogP contribution < -0.4 is 0 Å². The number of rotatable bonds is 12. The van der Waals surface area contributed by atoms with E-state index in [1.54, 1.807) is 41.9 Å². The Kier molecular flexibility index (Phi) is 18.3. The molecule has 4 aliphatic rings. The maximum atomic E-state index is 12.3. The molecule has 2 aliphatic heterocycles. The topological polar surface area (TPSA) is 130 Å². The third-order valence-electron chi connectivity index (χ3n) is 9.51. The van der Waals surface area contributed by atoms with Crippen molar-refractivity contribution in [1.82, 2.24) is 9.80 Å². The molecular weight excluding hydrogens is 716 g/mol. The van der Waals surface area contributed by atoms with E-state index in [2.05, 4.69) is 24.0 Å². The van der Waals surface area contributed by atoms with Crippen molar-refractivity contribution in [3.05, 3.63) is 59.8 Å². The second-order valence-corrected chi connectivity index (χ2v) is 15.6. The SMILES string of the molecule is CC(/C=C\C(=O)N(C(C)C)C(C)C)OC(=O)/C=C/C1=CCCC2(C1)OCCO2.CC(C)N(C(=O)C#C[C@@H](C)OC(=O)/C=C/C1=CCCC2(C1)OCCO2)C(C)C. The smallest absolute Gasteiger partial charge is 0.331 e. The Bertz CT molecular complexity index is 1550. The van der Waals surface area contributed by atoms with Crippen molar-refractivity contribution in [2.24, 2.45) is 0 Å². The van der Waals surface area contributed by atoms with Crippen molar-refractivity contribution < 1.29 is 47.6 Å². The first-order chi connectivity index (χ1) is 26.4. The van der Waals surface area contributed by atoms with Crippen LogP contribution in [0.1, 0.15) is 108 Å². The zero-order valence-electron chi connectivity index (χ0n) is 35.1. The maximum absolute atomic E-state index is 12.3. The molecule has 2 fully saturated rings. The highest BCUT2D eigenvalue weighted by Crippen LogP contribution is 2.37. The first kappa shape index (κ1) is 46.4. The third kappa shape index (κ3) is 14.8. The monoisotopic (exact) mass is 780 g/mol. The number of hydrogen-bond acceptors (Lipinski definition) is 10. The quantitative estimate of drug-likeness (QED) is 0.123. The molecule has 4 rings (SSSR count). The summed E-state index contributed by atoms with van der Waals surface area (Å²) in [7, 11) is 0. The van der Waals surface area contributed by atoms with Gasteiger partial charge < -0.3 is 38.2 Å². The van der Waals surface area contributed by atoms with Crippen LogP contribution in [0.3, 0.4) is 0 Å². The Labute approximate surface area is 334 Å². The lowest BCUT2D eigenvalue weighted by Gasteiger charge is -2.30. The van der Waals surface area contributed by atoms with Crippen molar-refractivity contribution in [3.63, 3.8) is 0 Å². The molecule has 0 bridgehead atoms. The van der Waals surface area contributed by atoms with Gasteiger partial charge in [0.05, 0.1) is 26.4 Å². The van der Waals surface area contributed by atoms with E-state index in [0.717, 1.165) is 36.8 Å². The van der Waals surface area contributed by atoms with Crippen LogP contribution in [-0.2, 0) is 47.6 Å². The molecule has 0 radical (unpaired) electrons. The number of carbonyl (C=O) groups is 4. The van der Waals surface area contributed by atoms with Gasteiger partial charge >= 0.3 is 11.9 Å². The predicted molar refractivity (Wildman–Crippen MR) is 214 cm³/mol. The normalized spacial score (nSPS) is 19.9.